The van der Waals surface area contributed by atoms with Crippen molar-refractivity contribution in [2.45, 2.75) is 35.8 Å². The second kappa shape index (κ2) is 5.87. The molecule has 1 fully saturated rings. The Kier molecular flexibility index (Phi) is 3.96. The quantitative estimate of drug-likeness (QED) is 0.910. The molecule has 0 aliphatic carbocycles. The molecule has 0 spiro atoms. The van der Waals surface area contributed by atoms with Crippen LogP contribution in [0.3, 0.4) is 0 Å². The van der Waals surface area contributed by atoms with Crippen molar-refractivity contribution in [3.63, 3.8) is 0 Å². The SMILES string of the molecule is O=C1CC(CC(=O)N2CCCC2)Sc2ccccc2N1. The zero-order valence-electron chi connectivity index (χ0n) is 11.3. The number of fused-ring (bicyclic) bond motifs is 1. The lowest BCUT2D eigenvalue weighted by atomic mass is 10.2. The maximum Gasteiger partial charge on any atom is 0.225 e. The second-order valence-electron chi connectivity index (χ2n) is 5.28. The molecule has 20 heavy (non-hydrogen) atoms. The molecule has 2 heterocycles. The van der Waals surface area contributed by atoms with Crippen molar-refractivity contribution in [1.82, 2.24) is 4.90 Å². The summed E-state index contributed by atoms with van der Waals surface area (Å²) in [5, 5.41) is 2.94. The summed E-state index contributed by atoms with van der Waals surface area (Å²) in [7, 11) is 0. The molecule has 1 saturated heterocycles. The highest BCUT2D eigenvalue weighted by Gasteiger charge is 2.27. The van der Waals surface area contributed by atoms with Crippen LogP contribution in [0, 0.1) is 0 Å². The third kappa shape index (κ3) is 2.98. The van der Waals surface area contributed by atoms with E-state index in [0.717, 1.165) is 36.5 Å². The van der Waals surface area contributed by atoms with E-state index in [0.29, 0.717) is 12.8 Å². The van der Waals surface area contributed by atoms with Crippen molar-refractivity contribution in [2.24, 2.45) is 0 Å². The number of hydrogen-bond donors (Lipinski definition) is 1. The first-order valence-electron chi connectivity index (χ1n) is 7.06. The number of rotatable bonds is 2. The number of hydrogen-bond acceptors (Lipinski definition) is 3. The molecule has 1 unspecified atom stereocenters. The highest BCUT2D eigenvalue weighted by molar-refractivity contribution is 8.00. The van der Waals surface area contributed by atoms with Gasteiger partial charge in [0, 0.05) is 36.1 Å². The fourth-order valence-electron chi connectivity index (χ4n) is 2.71. The highest BCUT2D eigenvalue weighted by atomic mass is 32.2. The molecule has 2 aliphatic heterocycles. The molecule has 5 heteroatoms. The Hall–Kier alpha value is -1.49. The molecule has 3 rings (SSSR count). The predicted octanol–water partition coefficient (Wildman–Crippen LogP) is 2.50. The van der Waals surface area contributed by atoms with Crippen molar-refractivity contribution in [3.05, 3.63) is 24.3 Å². The molecule has 1 atom stereocenters. The van der Waals surface area contributed by atoms with Gasteiger partial charge in [-0.15, -0.1) is 11.8 Å². The highest BCUT2D eigenvalue weighted by Crippen LogP contribution is 2.36. The van der Waals surface area contributed by atoms with Gasteiger partial charge in [-0.1, -0.05) is 12.1 Å². The minimum absolute atomic E-state index is 0.00155. The molecule has 2 amide bonds. The lowest BCUT2D eigenvalue weighted by Crippen LogP contribution is -2.30. The fourth-order valence-corrected chi connectivity index (χ4v) is 3.93. The number of para-hydroxylation sites is 1. The number of nitrogens with one attached hydrogen (secondary N) is 1. The van der Waals surface area contributed by atoms with Gasteiger partial charge in [0.05, 0.1) is 5.69 Å². The summed E-state index contributed by atoms with van der Waals surface area (Å²) in [6.45, 7) is 1.75. The number of thioether (sulfide) groups is 1. The summed E-state index contributed by atoms with van der Waals surface area (Å²) in [6.07, 6.45) is 3.06. The van der Waals surface area contributed by atoms with E-state index in [1.807, 2.05) is 29.2 Å². The number of nitrogens with zero attached hydrogens (tertiary/aromatic N) is 1. The Morgan fingerprint density at radius 1 is 1.30 bits per heavy atom. The minimum atomic E-state index is 0.00155. The summed E-state index contributed by atoms with van der Waals surface area (Å²) in [6, 6.07) is 7.78. The predicted molar refractivity (Wildman–Crippen MR) is 79.8 cm³/mol. The van der Waals surface area contributed by atoms with Crippen LogP contribution in [0.1, 0.15) is 25.7 Å². The Balaban J connectivity index is 1.70. The Labute approximate surface area is 122 Å². The monoisotopic (exact) mass is 290 g/mol. The van der Waals surface area contributed by atoms with E-state index in [9.17, 15) is 9.59 Å². The Bertz CT molecular complexity index is 526. The molecule has 0 saturated carbocycles. The number of amides is 2. The molecule has 1 aromatic rings. The Morgan fingerprint density at radius 2 is 2.05 bits per heavy atom. The lowest BCUT2D eigenvalue weighted by Gasteiger charge is -2.19. The summed E-state index contributed by atoms with van der Waals surface area (Å²) in [5.74, 6) is 0.189. The third-order valence-corrected chi connectivity index (χ3v) is 5.01. The molecule has 4 nitrogen and oxygen atoms in total. The minimum Gasteiger partial charge on any atom is -0.343 e. The zero-order valence-corrected chi connectivity index (χ0v) is 12.1. The van der Waals surface area contributed by atoms with Crippen molar-refractivity contribution >= 4 is 29.3 Å². The largest absolute Gasteiger partial charge is 0.343 e. The van der Waals surface area contributed by atoms with Crippen LogP contribution in [0.25, 0.3) is 0 Å². The van der Waals surface area contributed by atoms with Gasteiger partial charge in [0.15, 0.2) is 0 Å². The fraction of sp³-hybridized carbons (Fsp3) is 0.467. The van der Waals surface area contributed by atoms with Gasteiger partial charge in [-0.05, 0) is 25.0 Å². The lowest BCUT2D eigenvalue weighted by molar-refractivity contribution is -0.130. The number of carbonyl (C=O) groups excluding carboxylic acids is 2. The third-order valence-electron chi connectivity index (χ3n) is 3.73. The van der Waals surface area contributed by atoms with Gasteiger partial charge in [0.1, 0.15) is 0 Å². The van der Waals surface area contributed by atoms with Gasteiger partial charge in [0.25, 0.3) is 0 Å². The topological polar surface area (TPSA) is 49.4 Å². The number of benzene rings is 1. The van der Waals surface area contributed by atoms with E-state index < -0.39 is 0 Å². The van der Waals surface area contributed by atoms with Gasteiger partial charge >= 0.3 is 0 Å². The van der Waals surface area contributed by atoms with Crippen LogP contribution in [-0.4, -0.2) is 35.1 Å². The molecule has 0 aromatic heterocycles. The van der Waals surface area contributed by atoms with Crippen molar-refractivity contribution in [2.75, 3.05) is 18.4 Å². The van der Waals surface area contributed by atoms with Crippen LogP contribution in [0.4, 0.5) is 5.69 Å². The smallest absolute Gasteiger partial charge is 0.225 e. The van der Waals surface area contributed by atoms with Crippen LogP contribution in [-0.2, 0) is 9.59 Å². The van der Waals surface area contributed by atoms with Gasteiger partial charge in [0.2, 0.25) is 11.8 Å². The van der Waals surface area contributed by atoms with E-state index in [-0.39, 0.29) is 17.1 Å². The maximum atomic E-state index is 12.2. The van der Waals surface area contributed by atoms with Crippen molar-refractivity contribution in [1.29, 1.82) is 0 Å². The molecule has 2 aliphatic rings. The van der Waals surface area contributed by atoms with Crippen LogP contribution >= 0.6 is 11.8 Å². The molecule has 0 bridgehead atoms. The number of carbonyl (C=O) groups is 2. The van der Waals surface area contributed by atoms with Gasteiger partial charge in [-0.2, -0.15) is 0 Å². The summed E-state index contributed by atoms with van der Waals surface area (Å²) in [5.41, 5.74) is 0.860. The van der Waals surface area contributed by atoms with Crippen LogP contribution < -0.4 is 5.32 Å². The normalized spacial score (nSPS) is 22.1. The molecule has 106 valence electrons. The average Bonchev–Trinajstić information content (AvgIpc) is 2.89. The first-order chi connectivity index (χ1) is 9.72. The van der Waals surface area contributed by atoms with Crippen LogP contribution in [0.2, 0.25) is 0 Å². The average molecular weight is 290 g/mol. The molecular weight excluding hydrogens is 272 g/mol. The summed E-state index contributed by atoms with van der Waals surface area (Å²) >= 11 is 1.64. The summed E-state index contributed by atoms with van der Waals surface area (Å²) in [4.78, 5) is 27.1. The Morgan fingerprint density at radius 3 is 2.85 bits per heavy atom. The standard InChI is InChI=1S/C15H18N2O2S/c18-14-9-11(10-15(19)17-7-3-4-8-17)20-13-6-2-1-5-12(13)16-14/h1-2,5-6,11H,3-4,7-10H2,(H,16,18). The second-order valence-corrected chi connectivity index (χ2v) is 6.62. The van der Waals surface area contributed by atoms with Crippen molar-refractivity contribution in [3.8, 4) is 0 Å². The van der Waals surface area contributed by atoms with Crippen LogP contribution in [0.5, 0.6) is 0 Å². The molecular formula is C15H18N2O2S. The molecule has 1 aromatic carbocycles. The van der Waals surface area contributed by atoms with E-state index in [1.165, 1.54) is 0 Å². The van der Waals surface area contributed by atoms with E-state index in [1.54, 1.807) is 11.8 Å². The maximum absolute atomic E-state index is 12.2. The van der Waals surface area contributed by atoms with Gasteiger partial charge in [-0.3, -0.25) is 9.59 Å². The zero-order chi connectivity index (χ0) is 13.9. The van der Waals surface area contributed by atoms with Gasteiger partial charge < -0.3 is 10.2 Å². The first-order valence-corrected chi connectivity index (χ1v) is 7.93. The first kappa shape index (κ1) is 13.5. The van der Waals surface area contributed by atoms with Crippen molar-refractivity contribution < 1.29 is 9.59 Å². The molecule has 1 N–H and O–H groups in total. The summed E-state index contributed by atoms with van der Waals surface area (Å²) < 4.78 is 0. The van der Waals surface area contributed by atoms with E-state index >= 15 is 0 Å². The number of anilines is 1. The number of likely N-dealkylation sites (tertiary alicyclic amines) is 1. The van der Waals surface area contributed by atoms with Crippen LogP contribution in [0.15, 0.2) is 29.2 Å². The van der Waals surface area contributed by atoms with Gasteiger partial charge in [-0.25, -0.2) is 0 Å². The van der Waals surface area contributed by atoms with E-state index in [4.69, 9.17) is 0 Å². The molecule has 0 radical (unpaired) electrons. The van der Waals surface area contributed by atoms with E-state index in [2.05, 4.69) is 5.32 Å².